The van der Waals surface area contributed by atoms with E-state index < -0.39 is 0 Å². The van der Waals surface area contributed by atoms with E-state index in [2.05, 4.69) is 45.9 Å². The second-order valence-corrected chi connectivity index (χ2v) is 5.82. The monoisotopic (exact) mass is 265 g/mol. The van der Waals surface area contributed by atoms with Crippen LogP contribution < -0.4 is 5.32 Å². The van der Waals surface area contributed by atoms with Gasteiger partial charge in [-0.15, -0.1) is 0 Å². The lowest BCUT2D eigenvalue weighted by Gasteiger charge is -2.15. The molecule has 17 heavy (non-hydrogen) atoms. The summed E-state index contributed by atoms with van der Waals surface area (Å²) in [7, 11) is 1.99. The largest absolute Gasteiger partial charge is 0.312 e. The van der Waals surface area contributed by atoms with Crippen LogP contribution in [0.2, 0.25) is 0 Å². The summed E-state index contributed by atoms with van der Waals surface area (Å²) in [5.74, 6) is 0.967. The van der Waals surface area contributed by atoms with Gasteiger partial charge in [-0.2, -0.15) is 4.37 Å². The van der Waals surface area contributed by atoms with Crippen LogP contribution in [-0.2, 0) is 0 Å². The molecule has 0 fully saturated rings. The van der Waals surface area contributed by atoms with Crippen LogP contribution >= 0.6 is 23.3 Å². The molecule has 1 aromatic carbocycles. The highest BCUT2D eigenvalue weighted by Crippen LogP contribution is 2.25. The number of nitrogens with one attached hydrogen (secondary N) is 1. The molecule has 1 aromatic heterocycles. The van der Waals surface area contributed by atoms with E-state index in [1.54, 1.807) is 18.1 Å². The number of thioether (sulfide) groups is 1. The lowest BCUT2D eigenvalue weighted by molar-refractivity contribution is 0.661. The zero-order valence-electron chi connectivity index (χ0n) is 9.88. The maximum Gasteiger partial charge on any atom is 0.169 e. The number of aryl methyl sites for hydroxylation is 1. The van der Waals surface area contributed by atoms with Gasteiger partial charge in [0.25, 0.3) is 0 Å². The lowest BCUT2D eigenvalue weighted by Crippen LogP contribution is -2.18. The van der Waals surface area contributed by atoms with Gasteiger partial charge in [0.1, 0.15) is 6.33 Å². The molecule has 0 saturated carbocycles. The summed E-state index contributed by atoms with van der Waals surface area (Å²) in [6.07, 6.45) is 1.60. The Labute approximate surface area is 110 Å². The minimum atomic E-state index is 0.351. The second-order valence-electron chi connectivity index (χ2n) is 3.77. The molecule has 1 atom stereocenters. The van der Waals surface area contributed by atoms with Crippen LogP contribution in [0.15, 0.2) is 34.9 Å². The van der Waals surface area contributed by atoms with E-state index in [4.69, 9.17) is 0 Å². The third-order valence-electron chi connectivity index (χ3n) is 2.54. The van der Waals surface area contributed by atoms with Crippen molar-refractivity contribution in [3.63, 3.8) is 0 Å². The molecule has 0 bridgehead atoms. The zero-order valence-corrected chi connectivity index (χ0v) is 11.5. The SMILES string of the molecule is CNC(CSc1ncns1)c1ccc(C)cc1. The van der Waals surface area contributed by atoms with Crippen LogP contribution in [0, 0.1) is 6.92 Å². The first-order chi connectivity index (χ1) is 8.29. The fourth-order valence-electron chi connectivity index (χ4n) is 1.53. The van der Waals surface area contributed by atoms with Gasteiger partial charge < -0.3 is 5.32 Å². The van der Waals surface area contributed by atoms with Crippen molar-refractivity contribution in [3.8, 4) is 0 Å². The summed E-state index contributed by atoms with van der Waals surface area (Å²) < 4.78 is 5.02. The maximum absolute atomic E-state index is 4.17. The first-order valence-electron chi connectivity index (χ1n) is 5.43. The zero-order chi connectivity index (χ0) is 12.1. The highest BCUT2D eigenvalue weighted by Gasteiger charge is 2.10. The van der Waals surface area contributed by atoms with Gasteiger partial charge >= 0.3 is 0 Å². The van der Waals surface area contributed by atoms with Crippen molar-refractivity contribution >= 4 is 23.3 Å². The molecule has 0 saturated heterocycles. The lowest BCUT2D eigenvalue weighted by atomic mass is 10.1. The molecule has 3 nitrogen and oxygen atoms in total. The number of rotatable bonds is 5. The van der Waals surface area contributed by atoms with Crippen molar-refractivity contribution < 1.29 is 0 Å². The topological polar surface area (TPSA) is 37.8 Å². The van der Waals surface area contributed by atoms with Gasteiger partial charge in [0.2, 0.25) is 0 Å². The Balaban J connectivity index is 1.99. The molecular formula is C12H15N3S2. The normalized spacial score (nSPS) is 12.6. The Hall–Kier alpha value is -0.910. The molecule has 0 radical (unpaired) electrons. The molecule has 90 valence electrons. The Morgan fingerprint density at radius 1 is 1.35 bits per heavy atom. The molecule has 2 aromatic rings. The van der Waals surface area contributed by atoms with Crippen LogP contribution in [0.4, 0.5) is 0 Å². The number of aromatic nitrogens is 2. The summed E-state index contributed by atoms with van der Waals surface area (Å²) >= 11 is 3.19. The van der Waals surface area contributed by atoms with Crippen molar-refractivity contribution in [2.75, 3.05) is 12.8 Å². The smallest absolute Gasteiger partial charge is 0.169 e. The summed E-state index contributed by atoms with van der Waals surface area (Å²) in [5.41, 5.74) is 2.61. The molecule has 0 aliphatic heterocycles. The Kier molecular flexibility index (Phi) is 4.53. The van der Waals surface area contributed by atoms with Gasteiger partial charge in [0, 0.05) is 11.8 Å². The summed E-state index contributed by atoms with van der Waals surface area (Å²) in [5, 5.41) is 3.34. The predicted octanol–water partition coefficient (Wildman–Crippen LogP) is 2.90. The standard InChI is InChI=1S/C12H15N3S2/c1-9-3-5-10(6-4-9)11(13-2)7-16-12-14-8-15-17-12/h3-6,8,11,13H,7H2,1-2H3. The molecular weight excluding hydrogens is 250 g/mol. The van der Waals surface area contributed by atoms with Crippen molar-refractivity contribution in [2.24, 2.45) is 0 Å². The van der Waals surface area contributed by atoms with Gasteiger partial charge in [0.15, 0.2) is 4.34 Å². The molecule has 0 aliphatic carbocycles. The molecule has 0 spiro atoms. The van der Waals surface area contributed by atoms with Crippen LogP contribution in [0.3, 0.4) is 0 Å². The highest BCUT2D eigenvalue weighted by molar-refractivity contribution is 8.00. The van der Waals surface area contributed by atoms with Gasteiger partial charge in [-0.25, -0.2) is 4.98 Å². The molecule has 1 heterocycles. The van der Waals surface area contributed by atoms with E-state index in [-0.39, 0.29) is 0 Å². The van der Waals surface area contributed by atoms with E-state index >= 15 is 0 Å². The molecule has 1 unspecified atom stereocenters. The fraction of sp³-hybridized carbons (Fsp3) is 0.333. The van der Waals surface area contributed by atoms with Crippen molar-refractivity contribution in [3.05, 3.63) is 41.7 Å². The molecule has 0 amide bonds. The third kappa shape index (κ3) is 3.52. The Bertz CT molecular complexity index is 439. The third-order valence-corrected chi connectivity index (χ3v) is 4.43. The van der Waals surface area contributed by atoms with E-state index in [0.717, 1.165) is 10.1 Å². The van der Waals surface area contributed by atoms with Crippen molar-refractivity contribution in [2.45, 2.75) is 17.3 Å². The first kappa shape index (κ1) is 12.5. The highest BCUT2D eigenvalue weighted by atomic mass is 32.2. The minimum Gasteiger partial charge on any atom is -0.312 e. The van der Waals surface area contributed by atoms with Crippen molar-refractivity contribution in [1.82, 2.24) is 14.7 Å². The summed E-state index contributed by atoms with van der Waals surface area (Å²) in [6.45, 7) is 2.11. The quantitative estimate of drug-likeness (QED) is 0.844. The maximum atomic E-state index is 4.17. The molecule has 5 heteroatoms. The van der Waals surface area contributed by atoms with Crippen LogP contribution in [0.25, 0.3) is 0 Å². The van der Waals surface area contributed by atoms with E-state index in [1.807, 2.05) is 7.05 Å². The van der Waals surface area contributed by atoms with E-state index in [9.17, 15) is 0 Å². The van der Waals surface area contributed by atoms with Gasteiger partial charge in [0.05, 0.1) is 0 Å². The number of nitrogens with zero attached hydrogens (tertiary/aromatic N) is 2. The molecule has 1 N–H and O–H groups in total. The average Bonchev–Trinajstić information content (AvgIpc) is 2.85. The van der Waals surface area contributed by atoms with Gasteiger partial charge in [-0.3, -0.25) is 0 Å². The summed E-state index contributed by atoms with van der Waals surface area (Å²) in [6, 6.07) is 9.00. The second kappa shape index (κ2) is 6.14. The average molecular weight is 265 g/mol. The van der Waals surface area contributed by atoms with E-state index in [0.29, 0.717) is 6.04 Å². The molecule has 2 rings (SSSR count). The van der Waals surface area contributed by atoms with Gasteiger partial charge in [-0.1, -0.05) is 41.6 Å². The fourth-order valence-corrected chi connectivity index (χ4v) is 3.14. The van der Waals surface area contributed by atoms with Crippen LogP contribution in [-0.4, -0.2) is 22.2 Å². The van der Waals surface area contributed by atoms with Crippen LogP contribution in [0.5, 0.6) is 0 Å². The minimum absolute atomic E-state index is 0.351. The number of hydrogen-bond donors (Lipinski definition) is 1. The number of benzene rings is 1. The van der Waals surface area contributed by atoms with E-state index in [1.165, 1.54) is 22.7 Å². The summed E-state index contributed by atoms with van der Waals surface area (Å²) in [4.78, 5) is 4.17. The predicted molar refractivity (Wildman–Crippen MR) is 73.6 cm³/mol. The van der Waals surface area contributed by atoms with Crippen molar-refractivity contribution in [1.29, 1.82) is 0 Å². The Morgan fingerprint density at radius 2 is 2.12 bits per heavy atom. The first-order valence-corrected chi connectivity index (χ1v) is 7.19. The number of hydrogen-bond acceptors (Lipinski definition) is 5. The van der Waals surface area contributed by atoms with Crippen LogP contribution in [0.1, 0.15) is 17.2 Å². The Morgan fingerprint density at radius 3 is 2.71 bits per heavy atom. The molecule has 0 aliphatic rings. The van der Waals surface area contributed by atoms with Gasteiger partial charge in [-0.05, 0) is 31.1 Å².